The van der Waals surface area contributed by atoms with Crippen molar-refractivity contribution in [3.63, 3.8) is 0 Å². The molecule has 92 valence electrons. The molecule has 1 aromatic rings. The lowest BCUT2D eigenvalue weighted by molar-refractivity contribution is 0.112. The van der Waals surface area contributed by atoms with Gasteiger partial charge in [0, 0.05) is 13.6 Å². The van der Waals surface area contributed by atoms with E-state index in [4.69, 9.17) is 11.6 Å². The topological polar surface area (TPSA) is 46.1 Å². The van der Waals surface area contributed by atoms with Gasteiger partial charge in [-0.25, -0.2) is 9.97 Å². The maximum atomic E-state index is 11.0. The molecule has 1 fully saturated rings. The fourth-order valence-electron chi connectivity index (χ4n) is 2.07. The van der Waals surface area contributed by atoms with E-state index < -0.39 is 0 Å². The van der Waals surface area contributed by atoms with Crippen LogP contribution in [0.25, 0.3) is 0 Å². The maximum Gasteiger partial charge on any atom is 0.156 e. The fourth-order valence-corrected chi connectivity index (χ4v) is 2.33. The van der Waals surface area contributed by atoms with E-state index in [1.165, 1.54) is 19.3 Å². The van der Waals surface area contributed by atoms with Crippen molar-refractivity contribution < 1.29 is 4.79 Å². The van der Waals surface area contributed by atoms with Gasteiger partial charge in [-0.05, 0) is 25.7 Å². The molecule has 1 aliphatic rings. The third kappa shape index (κ3) is 2.57. The molecule has 5 heteroatoms. The minimum Gasteiger partial charge on any atom is -0.359 e. The molecule has 1 heterocycles. The summed E-state index contributed by atoms with van der Waals surface area (Å²) in [5.74, 6) is 1.95. The first-order valence-electron chi connectivity index (χ1n) is 5.82. The molecule has 0 aromatic carbocycles. The Kier molecular flexibility index (Phi) is 3.62. The van der Waals surface area contributed by atoms with Crippen molar-refractivity contribution in [2.75, 3.05) is 18.5 Å². The lowest BCUT2D eigenvalue weighted by Crippen LogP contribution is -2.30. The summed E-state index contributed by atoms with van der Waals surface area (Å²) < 4.78 is 0. The van der Waals surface area contributed by atoms with Crippen LogP contribution in [0.1, 0.15) is 35.4 Å². The molecule has 0 spiro atoms. The SMILES string of the molecule is Cc1nc(Cl)c(C=O)c(N(C)CC2CCC2)n1. The molecule has 0 aliphatic heterocycles. The van der Waals surface area contributed by atoms with Crippen molar-refractivity contribution in [2.45, 2.75) is 26.2 Å². The lowest BCUT2D eigenvalue weighted by atomic mass is 9.85. The van der Waals surface area contributed by atoms with E-state index in [1.807, 2.05) is 11.9 Å². The van der Waals surface area contributed by atoms with E-state index in [0.717, 1.165) is 12.8 Å². The predicted molar refractivity (Wildman–Crippen MR) is 67.8 cm³/mol. The zero-order chi connectivity index (χ0) is 12.4. The van der Waals surface area contributed by atoms with Crippen LogP contribution in [0.3, 0.4) is 0 Å². The van der Waals surface area contributed by atoms with Crippen molar-refractivity contribution in [3.05, 3.63) is 16.5 Å². The van der Waals surface area contributed by atoms with Gasteiger partial charge in [-0.15, -0.1) is 0 Å². The second-order valence-corrected chi connectivity index (χ2v) is 4.95. The Morgan fingerprint density at radius 1 is 1.47 bits per heavy atom. The molecular formula is C12H16ClN3O. The fraction of sp³-hybridized carbons (Fsp3) is 0.583. The maximum absolute atomic E-state index is 11.0. The molecule has 2 rings (SSSR count). The minimum atomic E-state index is 0.239. The average molecular weight is 254 g/mol. The van der Waals surface area contributed by atoms with Gasteiger partial charge in [0.15, 0.2) is 6.29 Å². The molecule has 0 N–H and O–H groups in total. The van der Waals surface area contributed by atoms with Crippen molar-refractivity contribution in [1.29, 1.82) is 0 Å². The molecule has 0 amide bonds. The van der Waals surface area contributed by atoms with E-state index in [-0.39, 0.29) is 5.15 Å². The number of rotatable bonds is 4. The number of halogens is 1. The smallest absolute Gasteiger partial charge is 0.156 e. The zero-order valence-electron chi connectivity index (χ0n) is 10.1. The highest BCUT2D eigenvalue weighted by Crippen LogP contribution is 2.29. The van der Waals surface area contributed by atoms with Gasteiger partial charge in [0.2, 0.25) is 0 Å². The van der Waals surface area contributed by atoms with E-state index in [2.05, 4.69) is 9.97 Å². The molecule has 0 unspecified atom stereocenters. The Morgan fingerprint density at radius 3 is 2.71 bits per heavy atom. The van der Waals surface area contributed by atoms with Gasteiger partial charge in [0.1, 0.15) is 16.8 Å². The zero-order valence-corrected chi connectivity index (χ0v) is 10.9. The van der Waals surface area contributed by atoms with Crippen LogP contribution in [-0.4, -0.2) is 29.8 Å². The van der Waals surface area contributed by atoms with Crippen molar-refractivity contribution in [3.8, 4) is 0 Å². The third-order valence-electron chi connectivity index (χ3n) is 3.23. The first-order chi connectivity index (χ1) is 8.11. The van der Waals surface area contributed by atoms with E-state index in [0.29, 0.717) is 23.1 Å². The van der Waals surface area contributed by atoms with Crippen LogP contribution < -0.4 is 4.90 Å². The molecule has 0 atom stereocenters. The van der Waals surface area contributed by atoms with Gasteiger partial charge in [-0.3, -0.25) is 4.79 Å². The summed E-state index contributed by atoms with van der Waals surface area (Å²) in [5, 5.41) is 0.239. The first kappa shape index (κ1) is 12.3. The Labute approximate surface area is 106 Å². The largest absolute Gasteiger partial charge is 0.359 e. The van der Waals surface area contributed by atoms with Crippen LogP contribution in [0.5, 0.6) is 0 Å². The molecule has 17 heavy (non-hydrogen) atoms. The second-order valence-electron chi connectivity index (χ2n) is 4.59. The molecule has 0 saturated heterocycles. The van der Waals surface area contributed by atoms with Gasteiger partial charge < -0.3 is 4.90 Å². The van der Waals surface area contributed by atoms with Crippen molar-refractivity contribution in [1.82, 2.24) is 9.97 Å². The Morgan fingerprint density at radius 2 is 2.18 bits per heavy atom. The summed E-state index contributed by atoms with van der Waals surface area (Å²) in [5.41, 5.74) is 0.388. The van der Waals surface area contributed by atoms with Crippen molar-refractivity contribution >= 4 is 23.7 Å². The average Bonchev–Trinajstić information content (AvgIpc) is 2.22. The summed E-state index contributed by atoms with van der Waals surface area (Å²) >= 11 is 5.95. The van der Waals surface area contributed by atoms with Gasteiger partial charge in [0.25, 0.3) is 0 Å². The number of carbonyl (C=O) groups is 1. The summed E-state index contributed by atoms with van der Waals surface area (Å²) in [6, 6.07) is 0. The minimum absolute atomic E-state index is 0.239. The molecule has 0 bridgehead atoms. The number of aromatic nitrogens is 2. The molecule has 4 nitrogen and oxygen atoms in total. The monoisotopic (exact) mass is 253 g/mol. The lowest BCUT2D eigenvalue weighted by Gasteiger charge is -2.31. The Hall–Kier alpha value is -1.16. The Balaban J connectivity index is 2.25. The standard InChI is InChI=1S/C12H16ClN3O/c1-8-14-11(13)10(7-17)12(15-8)16(2)6-9-4-3-5-9/h7,9H,3-6H2,1-2H3. The van der Waals surface area contributed by atoms with Crippen LogP contribution >= 0.6 is 11.6 Å². The number of nitrogens with zero attached hydrogens (tertiary/aromatic N) is 3. The highest BCUT2D eigenvalue weighted by molar-refractivity contribution is 6.32. The van der Waals surface area contributed by atoms with Crippen LogP contribution in [0.2, 0.25) is 5.15 Å². The highest BCUT2D eigenvalue weighted by Gasteiger charge is 2.22. The molecule has 0 radical (unpaired) electrons. The predicted octanol–water partition coefficient (Wildman–Crippen LogP) is 2.49. The van der Waals surface area contributed by atoms with Crippen LogP contribution in [0.15, 0.2) is 0 Å². The van der Waals surface area contributed by atoms with Gasteiger partial charge in [-0.1, -0.05) is 18.0 Å². The summed E-state index contributed by atoms with van der Waals surface area (Å²) in [4.78, 5) is 21.4. The molecule has 1 aliphatic carbocycles. The molecule has 1 aromatic heterocycles. The normalized spacial score (nSPS) is 15.5. The highest BCUT2D eigenvalue weighted by atomic mass is 35.5. The van der Waals surface area contributed by atoms with Gasteiger partial charge in [-0.2, -0.15) is 0 Å². The Bertz CT molecular complexity index is 432. The van der Waals surface area contributed by atoms with Crippen LogP contribution in [-0.2, 0) is 0 Å². The van der Waals surface area contributed by atoms with Gasteiger partial charge >= 0.3 is 0 Å². The third-order valence-corrected chi connectivity index (χ3v) is 3.52. The van der Waals surface area contributed by atoms with Gasteiger partial charge in [0.05, 0.1) is 5.56 Å². The van der Waals surface area contributed by atoms with Crippen LogP contribution in [0, 0.1) is 12.8 Å². The number of hydrogen-bond donors (Lipinski definition) is 0. The van der Waals surface area contributed by atoms with Crippen molar-refractivity contribution in [2.24, 2.45) is 5.92 Å². The number of aryl methyl sites for hydroxylation is 1. The van der Waals surface area contributed by atoms with E-state index in [9.17, 15) is 4.79 Å². The molecule has 1 saturated carbocycles. The number of aldehydes is 1. The van der Waals surface area contributed by atoms with E-state index >= 15 is 0 Å². The first-order valence-corrected chi connectivity index (χ1v) is 6.20. The number of anilines is 1. The number of carbonyl (C=O) groups excluding carboxylic acids is 1. The van der Waals surface area contributed by atoms with Crippen LogP contribution in [0.4, 0.5) is 5.82 Å². The van der Waals surface area contributed by atoms with E-state index in [1.54, 1.807) is 6.92 Å². The summed E-state index contributed by atoms with van der Waals surface area (Å²) in [7, 11) is 1.95. The second kappa shape index (κ2) is 5.00. The number of hydrogen-bond acceptors (Lipinski definition) is 4. The summed E-state index contributed by atoms with van der Waals surface area (Å²) in [6.07, 6.45) is 4.56. The quantitative estimate of drug-likeness (QED) is 0.611. The summed E-state index contributed by atoms with van der Waals surface area (Å²) in [6.45, 7) is 2.70. The molecular weight excluding hydrogens is 238 g/mol.